The molecule has 2 aliphatic rings. The van der Waals surface area contributed by atoms with Crippen LogP contribution < -0.4 is 14.8 Å². The molecule has 21 heavy (non-hydrogen) atoms. The van der Waals surface area contributed by atoms with Crippen LogP contribution in [0.1, 0.15) is 45.2 Å². The first-order valence-corrected chi connectivity index (χ1v) is 7.88. The maximum absolute atomic E-state index is 5.95. The number of likely N-dealkylation sites (N-methyl/N-ethyl adjacent to an activating group) is 1. The van der Waals surface area contributed by atoms with Crippen LogP contribution in [0.4, 0.5) is 0 Å². The van der Waals surface area contributed by atoms with Crippen LogP contribution in [-0.4, -0.2) is 31.5 Å². The van der Waals surface area contributed by atoms with E-state index in [1.165, 1.54) is 5.56 Å². The topological polar surface area (TPSA) is 39.7 Å². The molecule has 0 saturated carbocycles. The molecule has 4 nitrogen and oxygen atoms in total. The molecule has 0 bridgehead atoms. The molecule has 116 valence electrons. The van der Waals surface area contributed by atoms with Crippen LogP contribution in [0.5, 0.6) is 11.5 Å². The molecule has 3 rings (SSSR count). The Morgan fingerprint density at radius 2 is 2.24 bits per heavy atom. The fourth-order valence-electron chi connectivity index (χ4n) is 3.08. The van der Waals surface area contributed by atoms with Gasteiger partial charge in [-0.3, -0.25) is 0 Å². The number of hydrogen-bond donors (Lipinski definition) is 1. The van der Waals surface area contributed by atoms with Gasteiger partial charge in [0.2, 0.25) is 0 Å². The van der Waals surface area contributed by atoms with Gasteiger partial charge in [-0.2, -0.15) is 0 Å². The van der Waals surface area contributed by atoms with Crippen LogP contribution in [0.3, 0.4) is 0 Å². The van der Waals surface area contributed by atoms with Crippen molar-refractivity contribution in [1.82, 2.24) is 5.32 Å². The van der Waals surface area contributed by atoms with Crippen molar-refractivity contribution in [3.8, 4) is 11.5 Å². The minimum absolute atomic E-state index is 0.00584. The molecular formula is C17H25NO3. The molecule has 1 fully saturated rings. The fourth-order valence-corrected chi connectivity index (χ4v) is 3.08. The predicted molar refractivity (Wildman–Crippen MR) is 82.0 cm³/mol. The lowest BCUT2D eigenvalue weighted by atomic mass is 10.1. The van der Waals surface area contributed by atoms with Gasteiger partial charge in [-0.25, -0.2) is 0 Å². The zero-order valence-electron chi connectivity index (χ0n) is 13.1. The van der Waals surface area contributed by atoms with Crippen LogP contribution in [0.2, 0.25) is 0 Å². The molecule has 1 saturated heterocycles. The van der Waals surface area contributed by atoms with E-state index in [0.29, 0.717) is 19.3 Å². The van der Waals surface area contributed by atoms with Crippen LogP contribution in [0.15, 0.2) is 18.2 Å². The summed E-state index contributed by atoms with van der Waals surface area (Å²) in [5, 5.41) is 3.42. The SMILES string of the molecule is CCNC1COc2cc(OCC3CCC(C)(C)O3)ccc21. The molecule has 4 heteroatoms. The van der Waals surface area contributed by atoms with E-state index < -0.39 is 0 Å². The Labute approximate surface area is 126 Å². The Hall–Kier alpha value is -1.26. The number of ether oxygens (including phenoxy) is 3. The van der Waals surface area contributed by atoms with Gasteiger partial charge in [-0.05, 0) is 45.4 Å². The average molecular weight is 291 g/mol. The summed E-state index contributed by atoms with van der Waals surface area (Å²) in [5.41, 5.74) is 1.22. The highest BCUT2D eigenvalue weighted by Gasteiger charge is 2.32. The summed E-state index contributed by atoms with van der Waals surface area (Å²) in [4.78, 5) is 0. The first kappa shape index (κ1) is 14.7. The molecule has 0 spiro atoms. The first-order valence-electron chi connectivity index (χ1n) is 7.88. The summed E-state index contributed by atoms with van der Waals surface area (Å²) in [6.07, 6.45) is 2.36. The number of benzene rings is 1. The normalized spacial score (nSPS) is 26.4. The van der Waals surface area contributed by atoms with Gasteiger partial charge in [0, 0.05) is 11.6 Å². The highest BCUT2D eigenvalue weighted by Crippen LogP contribution is 2.35. The molecule has 2 unspecified atom stereocenters. The summed E-state index contributed by atoms with van der Waals surface area (Å²) >= 11 is 0. The fraction of sp³-hybridized carbons (Fsp3) is 0.647. The third kappa shape index (κ3) is 3.33. The Morgan fingerprint density at radius 3 is 2.95 bits per heavy atom. The van der Waals surface area contributed by atoms with Crippen molar-refractivity contribution >= 4 is 0 Å². The van der Waals surface area contributed by atoms with Gasteiger partial charge in [-0.15, -0.1) is 0 Å². The molecule has 2 heterocycles. The van der Waals surface area contributed by atoms with Crippen molar-refractivity contribution in [2.45, 2.75) is 51.4 Å². The molecule has 0 amide bonds. The van der Waals surface area contributed by atoms with E-state index in [0.717, 1.165) is 30.9 Å². The number of fused-ring (bicyclic) bond motifs is 1. The summed E-state index contributed by atoms with van der Waals surface area (Å²) in [7, 11) is 0. The largest absolute Gasteiger partial charge is 0.491 e. The lowest BCUT2D eigenvalue weighted by molar-refractivity contribution is -0.0326. The predicted octanol–water partition coefficient (Wildman–Crippen LogP) is 3.07. The number of hydrogen-bond acceptors (Lipinski definition) is 4. The number of rotatable bonds is 5. The van der Waals surface area contributed by atoms with E-state index in [9.17, 15) is 0 Å². The quantitative estimate of drug-likeness (QED) is 0.905. The van der Waals surface area contributed by atoms with Gasteiger partial charge in [-0.1, -0.05) is 6.92 Å². The molecule has 1 aromatic rings. The highest BCUT2D eigenvalue weighted by molar-refractivity contribution is 5.45. The molecule has 0 radical (unpaired) electrons. The maximum atomic E-state index is 5.95. The standard InChI is InChI=1S/C17H25NO3/c1-4-18-15-11-20-16-9-12(5-6-14(15)16)19-10-13-7-8-17(2,3)21-13/h5-6,9,13,15,18H,4,7-8,10-11H2,1-3H3. The van der Waals surface area contributed by atoms with E-state index in [1.54, 1.807) is 0 Å². The molecule has 2 aliphatic heterocycles. The summed E-state index contributed by atoms with van der Waals surface area (Å²) in [6, 6.07) is 6.42. The second-order valence-electron chi connectivity index (χ2n) is 6.47. The highest BCUT2D eigenvalue weighted by atomic mass is 16.6. The van der Waals surface area contributed by atoms with Crippen molar-refractivity contribution in [1.29, 1.82) is 0 Å². The van der Waals surface area contributed by atoms with Crippen molar-refractivity contribution in [3.63, 3.8) is 0 Å². The summed E-state index contributed by atoms with van der Waals surface area (Å²) < 4.78 is 17.6. The van der Waals surface area contributed by atoms with Crippen molar-refractivity contribution < 1.29 is 14.2 Å². The zero-order valence-corrected chi connectivity index (χ0v) is 13.1. The van der Waals surface area contributed by atoms with Gasteiger partial charge >= 0.3 is 0 Å². The minimum Gasteiger partial charge on any atom is -0.491 e. The van der Waals surface area contributed by atoms with E-state index >= 15 is 0 Å². The Kier molecular flexibility index (Phi) is 4.09. The van der Waals surface area contributed by atoms with Gasteiger partial charge in [0.25, 0.3) is 0 Å². The summed E-state index contributed by atoms with van der Waals surface area (Å²) in [6.45, 7) is 8.64. The first-order chi connectivity index (χ1) is 10.1. The van der Waals surface area contributed by atoms with Gasteiger partial charge in [0.1, 0.15) is 24.7 Å². The van der Waals surface area contributed by atoms with E-state index in [1.807, 2.05) is 12.1 Å². The van der Waals surface area contributed by atoms with Crippen LogP contribution >= 0.6 is 0 Å². The van der Waals surface area contributed by atoms with E-state index in [4.69, 9.17) is 14.2 Å². The summed E-state index contributed by atoms with van der Waals surface area (Å²) in [5.74, 6) is 1.80. The van der Waals surface area contributed by atoms with Gasteiger partial charge in [0.05, 0.1) is 17.7 Å². The lowest BCUT2D eigenvalue weighted by Crippen LogP contribution is -2.23. The number of nitrogens with one attached hydrogen (secondary N) is 1. The Balaban J connectivity index is 1.58. The van der Waals surface area contributed by atoms with Gasteiger partial charge < -0.3 is 19.5 Å². The Morgan fingerprint density at radius 1 is 1.38 bits per heavy atom. The van der Waals surface area contributed by atoms with E-state index in [-0.39, 0.29) is 11.7 Å². The second-order valence-corrected chi connectivity index (χ2v) is 6.47. The molecular weight excluding hydrogens is 266 g/mol. The van der Waals surface area contributed by atoms with Crippen molar-refractivity contribution in [2.75, 3.05) is 19.8 Å². The van der Waals surface area contributed by atoms with Crippen LogP contribution in [0.25, 0.3) is 0 Å². The van der Waals surface area contributed by atoms with E-state index in [2.05, 4.69) is 32.2 Å². The minimum atomic E-state index is -0.00584. The molecule has 0 aromatic heterocycles. The molecule has 1 N–H and O–H groups in total. The average Bonchev–Trinajstić information content (AvgIpc) is 3.00. The zero-order chi connectivity index (χ0) is 14.9. The lowest BCUT2D eigenvalue weighted by Gasteiger charge is -2.19. The molecule has 0 aliphatic carbocycles. The third-order valence-electron chi connectivity index (χ3n) is 4.21. The Bertz CT molecular complexity index is 501. The van der Waals surface area contributed by atoms with Crippen LogP contribution in [-0.2, 0) is 4.74 Å². The van der Waals surface area contributed by atoms with Crippen molar-refractivity contribution in [2.24, 2.45) is 0 Å². The molecule has 2 atom stereocenters. The molecule has 1 aromatic carbocycles. The third-order valence-corrected chi connectivity index (χ3v) is 4.21. The monoisotopic (exact) mass is 291 g/mol. The maximum Gasteiger partial charge on any atom is 0.127 e. The van der Waals surface area contributed by atoms with Crippen molar-refractivity contribution in [3.05, 3.63) is 23.8 Å². The van der Waals surface area contributed by atoms with Gasteiger partial charge in [0.15, 0.2) is 0 Å². The second kappa shape index (κ2) is 5.85. The van der Waals surface area contributed by atoms with Crippen LogP contribution in [0, 0.1) is 0 Å². The smallest absolute Gasteiger partial charge is 0.127 e.